The summed E-state index contributed by atoms with van der Waals surface area (Å²) in [5.74, 6) is 0. The maximum Gasteiger partial charge on any atom is 0.410 e. The van der Waals surface area contributed by atoms with Gasteiger partial charge in [0.1, 0.15) is 6.61 Å². The SMILES string of the molecule is CN1CCN2C(=O)OC[C@H]2C1. The van der Waals surface area contributed by atoms with Crippen LogP contribution in [0.1, 0.15) is 0 Å². The van der Waals surface area contributed by atoms with Crippen LogP contribution in [0.5, 0.6) is 0 Å². The molecule has 0 aromatic heterocycles. The zero-order valence-electron chi connectivity index (χ0n) is 6.62. The largest absolute Gasteiger partial charge is 0.447 e. The molecule has 11 heavy (non-hydrogen) atoms. The highest BCUT2D eigenvalue weighted by Crippen LogP contribution is 2.16. The van der Waals surface area contributed by atoms with Crippen LogP contribution in [0.3, 0.4) is 0 Å². The molecule has 2 heterocycles. The van der Waals surface area contributed by atoms with Crippen LogP contribution in [0, 0.1) is 0 Å². The summed E-state index contributed by atoms with van der Waals surface area (Å²) < 4.78 is 4.91. The summed E-state index contributed by atoms with van der Waals surface area (Å²) in [7, 11) is 2.07. The normalized spacial score (nSPS) is 31.9. The molecule has 0 bridgehead atoms. The Morgan fingerprint density at radius 1 is 1.55 bits per heavy atom. The highest BCUT2D eigenvalue weighted by atomic mass is 16.6. The first-order valence-corrected chi connectivity index (χ1v) is 3.89. The molecule has 0 aromatic carbocycles. The number of piperazine rings is 1. The molecule has 4 nitrogen and oxygen atoms in total. The fraction of sp³-hybridized carbons (Fsp3) is 0.857. The second-order valence-corrected chi connectivity index (χ2v) is 3.19. The standard InChI is InChI=1S/C7H12N2O2/c1-8-2-3-9-6(4-8)5-11-7(9)10/h6H,2-5H2,1H3/t6-/m1/s1. The van der Waals surface area contributed by atoms with E-state index in [0.29, 0.717) is 12.6 Å². The summed E-state index contributed by atoms with van der Waals surface area (Å²) in [4.78, 5) is 15.0. The maximum absolute atomic E-state index is 11.0. The Kier molecular flexibility index (Phi) is 1.49. The van der Waals surface area contributed by atoms with Gasteiger partial charge in [-0.1, -0.05) is 0 Å². The lowest BCUT2D eigenvalue weighted by Crippen LogP contribution is -2.50. The molecule has 1 amide bonds. The number of likely N-dealkylation sites (N-methyl/N-ethyl adjacent to an activating group) is 1. The Bertz CT molecular complexity index is 183. The topological polar surface area (TPSA) is 32.8 Å². The van der Waals surface area contributed by atoms with Gasteiger partial charge in [-0.25, -0.2) is 4.79 Å². The summed E-state index contributed by atoms with van der Waals surface area (Å²) >= 11 is 0. The van der Waals surface area contributed by atoms with Crippen molar-refractivity contribution in [2.75, 3.05) is 33.3 Å². The molecule has 0 saturated carbocycles. The predicted molar refractivity (Wildman–Crippen MR) is 39.3 cm³/mol. The van der Waals surface area contributed by atoms with Gasteiger partial charge in [-0.15, -0.1) is 0 Å². The Hall–Kier alpha value is -0.770. The van der Waals surface area contributed by atoms with Crippen molar-refractivity contribution < 1.29 is 9.53 Å². The summed E-state index contributed by atoms with van der Waals surface area (Å²) in [5, 5.41) is 0. The second-order valence-electron chi connectivity index (χ2n) is 3.19. The lowest BCUT2D eigenvalue weighted by molar-refractivity contribution is 0.134. The van der Waals surface area contributed by atoms with Crippen LogP contribution >= 0.6 is 0 Å². The highest BCUT2D eigenvalue weighted by molar-refractivity contribution is 5.70. The van der Waals surface area contributed by atoms with Crippen molar-refractivity contribution in [3.05, 3.63) is 0 Å². The highest BCUT2D eigenvalue weighted by Gasteiger charge is 2.36. The number of carbonyl (C=O) groups is 1. The minimum absolute atomic E-state index is 0.136. The van der Waals surface area contributed by atoms with Crippen LogP contribution < -0.4 is 0 Å². The molecule has 62 valence electrons. The van der Waals surface area contributed by atoms with E-state index in [4.69, 9.17) is 4.74 Å². The van der Waals surface area contributed by atoms with Crippen molar-refractivity contribution in [1.29, 1.82) is 0 Å². The number of rotatable bonds is 0. The van der Waals surface area contributed by atoms with Crippen LogP contribution in [0.15, 0.2) is 0 Å². The van der Waals surface area contributed by atoms with Crippen molar-refractivity contribution in [2.24, 2.45) is 0 Å². The summed E-state index contributed by atoms with van der Waals surface area (Å²) in [6, 6.07) is 0.307. The van der Waals surface area contributed by atoms with Gasteiger partial charge in [0.05, 0.1) is 6.04 Å². The fourth-order valence-corrected chi connectivity index (χ4v) is 1.64. The average molecular weight is 156 g/mol. The number of ether oxygens (including phenoxy) is 1. The monoisotopic (exact) mass is 156 g/mol. The number of cyclic esters (lactones) is 1. The molecule has 0 N–H and O–H groups in total. The van der Waals surface area contributed by atoms with E-state index < -0.39 is 0 Å². The van der Waals surface area contributed by atoms with Gasteiger partial charge >= 0.3 is 6.09 Å². The molecule has 0 aromatic rings. The molecule has 0 radical (unpaired) electrons. The Balaban J connectivity index is 2.06. The van der Waals surface area contributed by atoms with Crippen molar-refractivity contribution in [3.63, 3.8) is 0 Å². The van der Waals surface area contributed by atoms with Crippen LogP contribution in [-0.2, 0) is 4.74 Å². The Labute approximate surface area is 65.7 Å². The average Bonchev–Trinajstić information content (AvgIpc) is 2.32. The molecule has 1 atom stereocenters. The summed E-state index contributed by atoms with van der Waals surface area (Å²) in [6.07, 6.45) is -0.136. The first-order valence-electron chi connectivity index (χ1n) is 3.89. The third-order valence-electron chi connectivity index (χ3n) is 2.32. The number of hydrogen-bond acceptors (Lipinski definition) is 3. The third kappa shape index (κ3) is 1.07. The Morgan fingerprint density at radius 3 is 3.18 bits per heavy atom. The van der Waals surface area contributed by atoms with Gasteiger partial charge in [-0.3, -0.25) is 4.90 Å². The molecular formula is C7H12N2O2. The third-order valence-corrected chi connectivity index (χ3v) is 2.32. The van der Waals surface area contributed by atoms with E-state index in [9.17, 15) is 4.79 Å². The molecule has 4 heteroatoms. The van der Waals surface area contributed by atoms with Crippen molar-refractivity contribution in [1.82, 2.24) is 9.80 Å². The van der Waals surface area contributed by atoms with Crippen LogP contribution in [0.4, 0.5) is 4.79 Å². The predicted octanol–water partition coefficient (Wildman–Crippen LogP) is -0.247. The van der Waals surface area contributed by atoms with E-state index in [1.165, 1.54) is 0 Å². The van der Waals surface area contributed by atoms with Gasteiger partial charge in [0.15, 0.2) is 0 Å². The van der Waals surface area contributed by atoms with Gasteiger partial charge in [0.2, 0.25) is 0 Å². The number of hydrogen-bond donors (Lipinski definition) is 0. The summed E-state index contributed by atoms with van der Waals surface area (Å²) in [5.41, 5.74) is 0. The van der Waals surface area contributed by atoms with E-state index in [1.54, 1.807) is 0 Å². The zero-order chi connectivity index (χ0) is 7.84. The number of fused-ring (bicyclic) bond motifs is 1. The Morgan fingerprint density at radius 2 is 2.36 bits per heavy atom. The molecule has 2 aliphatic heterocycles. The van der Waals surface area contributed by atoms with Gasteiger partial charge in [0, 0.05) is 19.6 Å². The van der Waals surface area contributed by atoms with Crippen LogP contribution in [0.2, 0.25) is 0 Å². The van der Waals surface area contributed by atoms with E-state index in [0.717, 1.165) is 19.6 Å². The first-order chi connectivity index (χ1) is 5.27. The molecular weight excluding hydrogens is 144 g/mol. The minimum Gasteiger partial charge on any atom is -0.447 e. The van der Waals surface area contributed by atoms with Crippen LogP contribution in [0.25, 0.3) is 0 Å². The minimum atomic E-state index is -0.136. The summed E-state index contributed by atoms with van der Waals surface area (Å²) in [6.45, 7) is 3.31. The molecule has 2 aliphatic rings. The van der Waals surface area contributed by atoms with Gasteiger partial charge < -0.3 is 9.64 Å². The molecule has 2 saturated heterocycles. The number of nitrogens with zero attached hydrogens (tertiary/aromatic N) is 2. The van der Waals surface area contributed by atoms with Gasteiger partial charge in [0.25, 0.3) is 0 Å². The second kappa shape index (κ2) is 2.37. The number of carbonyl (C=O) groups excluding carboxylic acids is 1. The molecule has 0 spiro atoms. The lowest BCUT2D eigenvalue weighted by Gasteiger charge is -2.32. The van der Waals surface area contributed by atoms with E-state index in [-0.39, 0.29) is 6.09 Å². The zero-order valence-corrected chi connectivity index (χ0v) is 6.62. The van der Waals surface area contributed by atoms with Gasteiger partial charge in [-0.2, -0.15) is 0 Å². The number of amides is 1. The first kappa shape index (κ1) is 6.91. The quantitative estimate of drug-likeness (QED) is 0.485. The molecule has 2 rings (SSSR count). The van der Waals surface area contributed by atoms with E-state index in [1.807, 2.05) is 4.90 Å². The van der Waals surface area contributed by atoms with E-state index >= 15 is 0 Å². The van der Waals surface area contributed by atoms with Gasteiger partial charge in [-0.05, 0) is 7.05 Å². The lowest BCUT2D eigenvalue weighted by atomic mass is 10.2. The van der Waals surface area contributed by atoms with Crippen molar-refractivity contribution in [2.45, 2.75) is 6.04 Å². The maximum atomic E-state index is 11.0. The van der Waals surface area contributed by atoms with Crippen molar-refractivity contribution >= 4 is 6.09 Å². The van der Waals surface area contributed by atoms with Crippen LogP contribution in [-0.4, -0.2) is 55.2 Å². The molecule has 2 fully saturated rings. The fourth-order valence-electron chi connectivity index (χ4n) is 1.64. The van der Waals surface area contributed by atoms with Crippen molar-refractivity contribution in [3.8, 4) is 0 Å². The molecule has 0 unspecified atom stereocenters. The molecule has 0 aliphatic carbocycles. The van der Waals surface area contributed by atoms with E-state index in [2.05, 4.69) is 11.9 Å². The smallest absolute Gasteiger partial charge is 0.410 e.